The Labute approximate surface area is 90.5 Å². The molecule has 0 saturated heterocycles. The van der Waals surface area contributed by atoms with E-state index < -0.39 is 0 Å². The van der Waals surface area contributed by atoms with Crippen LogP contribution in [0.2, 0.25) is 0 Å². The number of nitrogens with two attached hydrogens (primary N) is 1. The van der Waals surface area contributed by atoms with E-state index in [2.05, 4.69) is 10.1 Å². The lowest BCUT2D eigenvalue weighted by molar-refractivity contribution is 0.439. The van der Waals surface area contributed by atoms with Crippen molar-refractivity contribution in [2.45, 2.75) is 0 Å². The van der Waals surface area contributed by atoms with E-state index in [1.807, 2.05) is 12.1 Å². The van der Waals surface area contributed by atoms with Crippen LogP contribution in [0.4, 0.5) is 5.88 Å². The number of nitrogens with one attached hydrogen (secondary N) is 1. The first-order valence-electron chi connectivity index (χ1n) is 4.77. The summed E-state index contributed by atoms with van der Waals surface area (Å²) in [6, 6.07) is 8.82. The lowest BCUT2D eigenvalue weighted by Crippen LogP contribution is -1.77. The van der Waals surface area contributed by atoms with E-state index in [1.165, 1.54) is 0 Å². The number of phenols is 1. The minimum atomic E-state index is 0.209. The zero-order valence-electron chi connectivity index (χ0n) is 8.27. The van der Waals surface area contributed by atoms with Gasteiger partial charge in [0.15, 0.2) is 0 Å². The molecule has 4 N–H and O–H groups in total. The monoisotopic (exact) mass is 215 g/mol. The van der Waals surface area contributed by atoms with Crippen LogP contribution in [-0.2, 0) is 0 Å². The van der Waals surface area contributed by atoms with Crippen LogP contribution in [0.25, 0.3) is 22.3 Å². The van der Waals surface area contributed by atoms with Gasteiger partial charge in [-0.25, -0.2) is 0 Å². The number of aromatic hydroxyl groups is 1. The molecule has 0 bridgehead atoms. The molecule has 0 unspecified atom stereocenters. The molecule has 5 nitrogen and oxygen atoms in total. The number of rotatable bonds is 1. The Morgan fingerprint density at radius 2 is 2.19 bits per heavy atom. The first kappa shape index (κ1) is 8.84. The number of aromatic nitrogens is 2. The largest absolute Gasteiger partial charge is 0.506 e. The van der Waals surface area contributed by atoms with Gasteiger partial charge in [0.25, 0.3) is 0 Å². The zero-order valence-corrected chi connectivity index (χ0v) is 8.27. The van der Waals surface area contributed by atoms with Crippen molar-refractivity contribution in [2.24, 2.45) is 0 Å². The number of phenolic OH excluding ortho intramolecular Hbond substituents is 1. The number of hydrogen-bond donors (Lipinski definition) is 3. The number of para-hydroxylation sites is 1. The van der Waals surface area contributed by atoms with Gasteiger partial charge in [-0.3, -0.25) is 0 Å². The number of anilines is 1. The van der Waals surface area contributed by atoms with Gasteiger partial charge < -0.3 is 20.3 Å². The Balaban J connectivity index is 2.22. The van der Waals surface area contributed by atoms with E-state index in [-0.39, 0.29) is 11.6 Å². The van der Waals surface area contributed by atoms with Crippen molar-refractivity contribution in [3.8, 4) is 17.1 Å². The predicted octanol–water partition coefficient (Wildman–Crippen LogP) is 2.11. The molecule has 0 spiro atoms. The molecule has 0 aliphatic rings. The van der Waals surface area contributed by atoms with E-state index in [9.17, 15) is 5.11 Å². The van der Waals surface area contributed by atoms with Gasteiger partial charge in [-0.15, -0.1) is 0 Å². The molecule has 3 aromatic rings. The molecule has 2 aromatic heterocycles. The highest BCUT2D eigenvalue weighted by atomic mass is 16.5. The molecule has 0 atom stereocenters. The molecule has 2 heterocycles. The van der Waals surface area contributed by atoms with E-state index in [0.29, 0.717) is 11.2 Å². The third-order valence-electron chi connectivity index (χ3n) is 2.44. The zero-order chi connectivity index (χ0) is 11.1. The second kappa shape index (κ2) is 3.03. The van der Waals surface area contributed by atoms with Crippen LogP contribution < -0.4 is 5.73 Å². The lowest BCUT2D eigenvalue weighted by Gasteiger charge is -1.92. The second-order valence-corrected chi connectivity index (χ2v) is 3.54. The van der Waals surface area contributed by atoms with E-state index >= 15 is 0 Å². The van der Waals surface area contributed by atoms with Gasteiger partial charge >= 0.3 is 0 Å². The van der Waals surface area contributed by atoms with Crippen molar-refractivity contribution in [1.82, 2.24) is 10.1 Å². The summed E-state index contributed by atoms with van der Waals surface area (Å²) in [5.41, 5.74) is 7.51. The summed E-state index contributed by atoms with van der Waals surface area (Å²) in [7, 11) is 0. The Bertz CT molecular complexity index is 654. The van der Waals surface area contributed by atoms with E-state index in [1.54, 1.807) is 18.2 Å². The molecular formula is C11H9N3O2. The third-order valence-corrected chi connectivity index (χ3v) is 2.44. The SMILES string of the molecule is Nc1cc(-c2cc3cccc(O)c3[nH]2)no1. The Hall–Kier alpha value is -2.43. The van der Waals surface area contributed by atoms with Gasteiger partial charge in [-0.05, 0) is 12.1 Å². The summed E-state index contributed by atoms with van der Waals surface area (Å²) >= 11 is 0. The molecule has 0 aliphatic heterocycles. The summed E-state index contributed by atoms with van der Waals surface area (Å²) in [5, 5.41) is 14.3. The van der Waals surface area contributed by atoms with Crippen LogP contribution >= 0.6 is 0 Å². The molecule has 0 radical (unpaired) electrons. The quantitative estimate of drug-likeness (QED) is 0.580. The molecule has 0 fully saturated rings. The normalized spacial score (nSPS) is 11.0. The maximum Gasteiger partial charge on any atom is 0.222 e. The second-order valence-electron chi connectivity index (χ2n) is 3.54. The highest BCUT2D eigenvalue weighted by molar-refractivity contribution is 5.89. The number of hydrogen-bond acceptors (Lipinski definition) is 4. The Morgan fingerprint density at radius 1 is 1.31 bits per heavy atom. The Morgan fingerprint density at radius 3 is 2.88 bits per heavy atom. The minimum absolute atomic E-state index is 0.209. The van der Waals surface area contributed by atoms with Gasteiger partial charge in [0.2, 0.25) is 5.88 Å². The fourth-order valence-corrected chi connectivity index (χ4v) is 1.69. The van der Waals surface area contributed by atoms with Crippen molar-refractivity contribution in [3.05, 3.63) is 30.3 Å². The summed E-state index contributed by atoms with van der Waals surface area (Å²) in [5.74, 6) is 0.470. The maximum absolute atomic E-state index is 9.64. The topological polar surface area (TPSA) is 88.1 Å². The molecular weight excluding hydrogens is 206 g/mol. The van der Waals surface area contributed by atoms with Gasteiger partial charge in [-0.2, -0.15) is 0 Å². The number of nitrogens with zero attached hydrogens (tertiary/aromatic N) is 1. The number of benzene rings is 1. The number of fused-ring (bicyclic) bond motifs is 1. The van der Waals surface area contributed by atoms with Gasteiger partial charge in [0.05, 0.1) is 11.2 Å². The van der Waals surface area contributed by atoms with Crippen LogP contribution in [0, 0.1) is 0 Å². The van der Waals surface area contributed by atoms with Crippen LogP contribution in [-0.4, -0.2) is 15.2 Å². The molecule has 0 saturated carbocycles. The molecule has 0 aliphatic carbocycles. The van der Waals surface area contributed by atoms with Gasteiger partial charge in [0, 0.05) is 11.5 Å². The standard InChI is InChI=1S/C11H9N3O2/c12-10-5-8(14-16-10)7-4-6-2-1-3-9(15)11(6)13-7/h1-5,13,15H,12H2. The lowest BCUT2D eigenvalue weighted by atomic mass is 10.2. The summed E-state index contributed by atoms with van der Waals surface area (Å²) in [6.45, 7) is 0. The molecule has 1 aromatic carbocycles. The molecule has 5 heteroatoms. The van der Waals surface area contributed by atoms with Crippen molar-refractivity contribution in [2.75, 3.05) is 5.73 Å². The Kier molecular flexibility index (Phi) is 1.67. The van der Waals surface area contributed by atoms with Gasteiger partial charge in [-0.1, -0.05) is 17.3 Å². The average Bonchev–Trinajstić information content (AvgIpc) is 2.84. The van der Waals surface area contributed by atoms with Crippen LogP contribution in [0.1, 0.15) is 0 Å². The highest BCUT2D eigenvalue weighted by Crippen LogP contribution is 2.29. The first-order chi connectivity index (χ1) is 7.74. The summed E-state index contributed by atoms with van der Waals surface area (Å²) < 4.78 is 4.79. The van der Waals surface area contributed by atoms with Crippen molar-refractivity contribution >= 4 is 16.8 Å². The fraction of sp³-hybridized carbons (Fsp3) is 0. The number of H-pyrrole nitrogens is 1. The number of aromatic amines is 1. The smallest absolute Gasteiger partial charge is 0.222 e. The first-order valence-corrected chi connectivity index (χ1v) is 4.77. The molecule has 80 valence electrons. The number of nitrogen functional groups attached to an aromatic ring is 1. The van der Waals surface area contributed by atoms with Crippen LogP contribution in [0.15, 0.2) is 34.9 Å². The average molecular weight is 215 g/mol. The summed E-state index contributed by atoms with van der Waals surface area (Å²) in [4.78, 5) is 3.07. The molecule has 16 heavy (non-hydrogen) atoms. The van der Waals surface area contributed by atoms with Crippen LogP contribution in [0.5, 0.6) is 5.75 Å². The van der Waals surface area contributed by atoms with Crippen LogP contribution in [0.3, 0.4) is 0 Å². The van der Waals surface area contributed by atoms with Gasteiger partial charge in [0.1, 0.15) is 11.4 Å². The van der Waals surface area contributed by atoms with E-state index in [4.69, 9.17) is 10.3 Å². The minimum Gasteiger partial charge on any atom is -0.506 e. The third kappa shape index (κ3) is 1.22. The predicted molar refractivity (Wildman–Crippen MR) is 59.9 cm³/mol. The van der Waals surface area contributed by atoms with Crippen molar-refractivity contribution in [1.29, 1.82) is 0 Å². The maximum atomic E-state index is 9.64. The van der Waals surface area contributed by atoms with Crippen molar-refractivity contribution in [3.63, 3.8) is 0 Å². The highest BCUT2D eigenvalue weighted by Gasteiger charge is 2.09. The molecule has 3 rings (SSSR count). The summed E-state index contributed by atoms with van der Waals surface area (Å²) in [6.07, 6.45) is 0. The van der Waals surface area contributed by atoms with Crippen molar-refractivity contribution < 1.29 is 9.63 Å². The van der Waals surface area contributed by atoms with E-state index in [0.717, 1.165) is 11.1 Å². The fourth-order valence-electron chi connectivity index (χ4n) is 1.69. The molecule has 0 amide bonds.